The summed E-state index contributed by atoms with van der Waals surface area (Å²) >= 11 is 0. The Hall–Kier alpha value is -3.26. The summed E-state index contributed by atoms with van der Waals surface area (Å²) in [5.41, 5.74) is 1.01. The predicted octanol–water partition coefficient (Wildman–Crippen LogP) is 2.50. The molecule has 1 saturated heterocycles. The maximum absolute atomic E-state index is 11.7. The van der Waals surface area contributed by atoms with Crippen molar-refractivity contribution in [3.63, 3.8) is 0 Å². The standard InChI is InChI=1S/C20H20N4O4/c25-19-20(26)22-18-15(10-16(24(27)28)11-17(18)21-19)12-23-8-6-14(7-9-23)13-4-2-1-3-5-13/h1-5,10-11,14H,6-9,12H2,(H,21,25)(H,22,26). The van der Waals surface area contributed by atoms with E-state index in [1.54, 1.807) is 0 Å². The first-order valence-corrected chi connectivity index (χ1v) is 9.22. The maximum Gasteiger partial charge on any atom is 0.314 e. The van der Waals surface area contributed by atoms with E-state index in [4.69, 9.17) is 0 Å². The van der Waals surface area contributed by atoms with Gasteiger partial charge in [0.25, 0.3) is 5.69 Å². The minimum Gasteiger partial charge on any atom is -0.316 e. The molecule has 28 heavy (non-hydrogen) atoms. The van der Waals surface area contributed by atoms with E-state index in [1.807, 2.05) is 18.2 Å². The van der Waals surface area contributed by atoms with Gasteiger partial charge in [-0.3, -0.25) is 24.6 Å². The normalized spacial score (nSPS) is 15.7. The number of fused-ring (bicyclic) bond motifs is 1. The number of nitrogens with zero attached hydrogens (tertiary/aromatic N) is 2. The van der Waals surface area contributed by atoms with Gasteiger partial charge in [-0.2, -0.15) is 0 Å². The number of aromatic nitrogens is 2. The molecule has 1 aliphatic rings. The molecule has 2 aromatic carbocycles. The third-order valence-electron chi connectivity index (χ3n) is 5.36. The van der Waals surface area contributed by atoms with Crippen molar-refractivity contribution in [2.45, 2.75) is 25.3 Å². The largest absolute Gasteiger partial charge is 0.316 e. The Bertz CT molecular complexity index is 1130. The monoisotopic (exact) mass is 380 g/mol. The van der Waals surface area contributed by atoms with E-state index in [9.17, 15) is 19.7 Å². The van der Waals surface area contributed by atoms with Gasteiger partial charge in [-0.1, -0.05) is 30.3 Å². The lowest BCUT2D eigenvalue weighted by Crippen LogP contribution is -2.33. The van der Waals surface area contributed by atoms with Crippen LogP contribution < -0.4 is 11.1 Å². The van der Waals surface area contributed by atoms with Gasteiger partial charge in [0, 0.05) is 18.7 Å². The highest BCUT2D eigenvalue weighted by Crippen LogP contribution is 2.29. The van der Waals surface area contributed by atoms with Gasteiger partial charge < -0.3 is 9.97 Å². The molecule has 0 spiro atoms. The average Bonchev–Trinajstić information content (AvgIpc) is 2.70. The number of hydrogen-bond acceptors (Lipinski definition) is 5. The van der Waals surface area contributed by atoms with E-state index in [2.05, 4.69) is 27.0 Å². The van der Waals surface area contributed by atoms with E-state index in [0.29, 0.717) is 23.5 Å². The van der Waals surface area contributed by atoms with E-state index in [1.165, 1.54) is 17.7 Å². The number of aromatic amines is 2. The molecule has 1 aliphatic heterocycles. The topological polar surface area (TPSA) is 112 Å². The van der Waals surface area contributed by atoms with Crippen LogP contribution in [-0.2, 0) is 6.54 Å². The van der Waals surface area contributed by atoms with Crippen LogP contribution in [0.1, 0.15) is 29.9 Å². The molecule has 0 saturated carbocycles. The van der Waals surface area contributed by atoms with Crippen molar-refractivity contribution in [2.24, 2.45) is 0 Å². The quantitative estimate of drug-likeness (QED) is 0.410. The van der Waals surface area contributed by atoms with Gasteiger partial charge in [-0.15, -0.1) is 0 Å². The molecule has 3 aromatic rings. The minimum absolute atomic E-state index is 0.107. The molecule has 0 atom stereocenters. The van der Waals surface area contributed by atoms with Gasteiger partial charge in [0.15, 0.2) is 0 Å². The Morgan fingerprint density at radius 1 is 1.04 bits per heavy atom. The zero-order chi connectivity index (χ0) is 19.7. The summed E-state index contributed by atoms with van der Waals surface area (Å²) in [5.74, 6) is 0.510. The van der Waals surface area contributed by atoms with Crippen molar-refractivity contribution in [3.05, 3.63) is 84.4 Å². The number of likely N-dealkylation sites (tertiary alicyclic amines) is 1. The summed E-state index contributed by atoms with van der Waals surface area (Å²) in [6, 6.07) is 13.2. The van der Waals surface area contributed by atoms with Crippen LogP contribution in [0.2, 0.25) is 0 Å². The van der Waals surface area contributed by atoms with Crippen molar-refractivity contribution in [2.75, 3.05) is 13.1 Å². The van der Waals surface area contributed by atoms with E-state index < -0.39 is 16.0 Å². The molecule has 0 bridgehead atoms. The first kappa shape index (κ1) is 18.1. The fourth-order valence-corrected chi connectivity index (χ4v) is 3.90. The first-order chi connectivity index (χ1) is 13.5. The van der Waals surface area contributed by atoms with Crippen molar-refractivity contribution in [1.82, 2.24) is 14.9 Å². The molecular formula is C20H20N4O4. The third-order valence-corrected chi connectivity index (χ3v) is 5.36. The van der Waals surface area contributed by atoms with Gasteiger partial charge in [0.05, 0.1) is 16.0 Å². The molecule has 1 aromatic heterocycles. The van der Waals surface area contributed by atoms with Gasteiger partial charge >= 0.3 is 11.1 Å². The van der Waals surface area contributed by atoms with Crippen LogP contribution in [0.15, 0.2) is 52.1 Å². The molecule has 0 radical (unpaired) electrons. The highest BCUT2D eigenvalue weighted by Gasteiger charge is 2.22. The van der Waals surface area contributed by atoms with Gasteiger partial charge in [-0.05, 0) is 43.0 Å². The van der Waals surface area contributed by atoms with Crippen molar-refractivity contribution < 1.29 is 4.92 Å². The van der Waals surface area contributed by atoms with E-state index >= 15 is 0 Å². The number of nitrogens with one attached hydrogen (secondary N) is 2. The first-order valence-electron chi connectivity index (χ1n) is 9.22. The smallest absolute Gasteiger partial charge is 0.314 e. The lowest BCUT2D eigenvalue weighted by Gasteiger charge is -2.32. The zero-order valence-electron chi connectivity index (χ0n) is 15.2. The number of hydrogen-bond donors (Lipinski definition) is 2. The van der Waals surface area contributed by atoms with Crippen molar-refractivity contribution >= 4 is 16.7 Å². The van der Waals surface area contributed by atoms with Crippen LogP contribution in [0.25, 0.3) is 11.0 Å². The Morgan fingerprint density at radius 2 is 1.71 bits per heavy atom. The number of nitro groups is 1. The van der Waals surface area contributed by atoms with E-state index in [-0.39, 0.29) is 11.2 Å². The predicted molar refractivity (Wildman–Crippen MR) is 106 cm³/mol. The second-order valence-corrected chi connectivity index (χ2v) is 7.15. The molecule has 2 N–H and O–H groups in total. The molecule has 2 heterocycles. The zero-order valence-corrected chi connectivity index (χ0v) is 15.2. The van der Waals surface area contributed by atoms with Gasteiger partial charge in [0.1, 0.15) is 0 Å². The van der Waals surface area contributed by atoms with Crippen LogP contribution in [0.3, 0.4) is 0 Å². The Kier molecular flexibility index (Phi) is 4.79. The second-order valence-electron chi connectivity index (χ2n) is 7.15. The molecule has 0 aliphatic carbocycles. The summed E-state index contributed by atoms with van der Waals surface area (Å²) in [5, 5.41) is 11.3. The van der Waals surface area contributed by atoms with Crippen LogP contribution in [0, 0.1) is 10.1 Å². The van der Waals surface area contributed by atoms with Crippen LogP contribution in [-0.4, -0.2) is 32.9 Å². The maximum atomic E-state index is 11.7. The number of non-ortho nitro benzene ring substituents is 1. The number of H-pyrrole nitrogens is 2. The second kappa shape index (κ2) is 7.40. The molecule has 4 rings (SSSR count). The minimum atomic E-state index is -0.817. The van der Waals surface area contributed by atoms with E-state index in [0.717, 1.165) is 25.9 Å². The Labute approximate surface area is 160 Å². The molecule has 0 amide bonds. The highest BCUT2D eigenvalue weighted by atomic mass is 16.6. The number of rotatable bonds is 4. The fraction of sp³-hybridized carbons (Fsp3) is 0.300. The lowest BCUT2D eigenvalue weighted by molar-refractivity contribution is -0.384. The highest BCUT2D eigenvalue weighted by molar-refractivity contribution is 5.80. The Balaban J connectivity index is 1.59. The summed E-state index contributed by atoms with van der Waals surface area (Å²) in [6.07, 6.45) is 2.01. The van der Waals surface area contributed by atoms with Gasteiger partial charge in [0.2, 0.25) is 0 Å². The number of piperidine rings is 1. The van der Waals surface area contributed by atoms with Crippen LogP contribution >= 0.6 is 0 Å². The summed E-state index contributed by atoms with van der Waals surface area (Å²) < 4.78 is 0. The molecule has 8 heteroatoms. The number of nitro benzene ring substituents is 1. The average molecular weight is 380 g/mol. The summed E-state index contributed by atoms with van der Waals surface area (Å²) in [6.45, 7) is 2.19. The summed E-state index contributed by atoms with van der Waals surface area (Å²) in [4.78, 5) is 41.4. The lowest BCUT2D eigenvalue weighted by atomic mass is 9.89. The molecule has 1 fully saturated rings. The van der Waals surface area contributed by atoms with Crippen molar-refractivity contribution in [3.8, 4) is 0 Å². The molecule has 144 valence electrons. The third kappa shape index (κ3) is 3.59. The summed E-state index contributed by atoms with van der Waals surface area (Å²) in [7, 11) is 0. The molecule has 8 nitrogen and oxygen atoms in total. The molecule has 0 unspecified atom stereocenters. The van der Waals surface area contributed by atoms with Crippen LogP contribution in [0.5, 0.6) is 0 Å². The SMILES string of the molecule is O=c1[nH]c2cc([N+](=O)[O-])cc(CN3CCC(c4ccccc4)CC3)c2[nH]c1=O. The Morgan fingerprint density at radius 3 is 2.39 bits per heavy atom. The fourth-order valence-electron chi connectivity index (χ4n) is 3.90. The van der Waals surface area contributed by atoms with Gasteiger partial charge in [-0.25, -0.2) is 0 Å². The van der Waals surface area contributed by atoms with Crippen LogP contribution in [0.4, 0.5) is 5.69 Å². The van der Waals surface area contributed by atoms with Crippen molar-refractivity contribution in [1.29, 1.82) is 0 Å². The number of benzene rings is 2. The molecular weight excluding hydrogens is 360 g/mol.